The molecule has 0 spiro atoms. The molecule has 4 nitrogen and oxygen atoms in total. The lowest BCUT2D eigenvalue weighted by Crippen LogP contribution is -2.27. The molecule has 4 aromatic rings. The van der Waals surface area contributed by atoms with Gasteiger partial charge in [-0.3, -0.25) is 0 Å². The van der Waals surface area contributed by atoms with Crippen LogP contribution in [0.3, 0.4) is 0 Å². The van der Waals surface area contributed by atoms with E-state index in [1.165, 1.54) is 10.9 Å². The molecule has 1 aromatic heterocycles. The van der Waals surface area contributed by atoms with Crippen molar-refractivity contribution in [1.29, 1.82) is 0 Å². The predicted octanol–water partition coefficient (Wildman–Crippen LogP) is 6.04. The van der Waals surface area contributed by atoms with E-state index in [0.29, 0.717) is 0 Å². The van der Waals surface area contributed by atoms with Crippen LogP contribution in [-0.4, -0.2) is 24.4 Å². The molecule has 3 aromatic carbocycles. The van der Waals surface area contributed by atoms with Crippen molar-refractivity contribution in [2.75, 3.05) is 14.2 Å². The van der Waals surface area contributed by atoms with E-state index < -0.39 is 0 Å². The van der Waals surface area contributed by atoms with E-state index in [-0.39, 0.29) is 5.60 Å². The van der Waals surface area contributed by atoms with E-state index in [9.17, 15) is 0 Å². The molecule has 2 heterocycles. The highest BCUT2D eigenvalue weighted by atomic mass is 16.5. The third kappa shape index (κ3) is 2.91. The van der Waals surface area contributed by atoms with Crippen molar-refractivity contribution >= 4 is 27.9 Å². The third-order valence-corrected chi connectivity index (χ3v) is 5.74. The Morgan fingerprint density at radius 2 is 1.63 bits per heavy atom. The zero-order chi connectivity index (χ0) is 20.9. The number of aromatic nitrogens is 1. The van der Waals surface area contributed by atoms with Gasteiger partial charge in [0, 0.05) is 28.9 Å². The van der Waals surface area contributed by atoms with Crippen LogP contribution in [0.1, 0.15) is 25.0 Å². The van der Waals surface area contributed by atoms with Crippen LogP contribution >= 0.6 is 0 Å². The number of methoxy groups -OCH3 is 2. The number of hydrogen-bond acceptors (Lipinski definition) is 3. The normalized spacial score (nSPS) is 14.5. The van der Waals surface area contributed by atoms with Crippen LogP contribution in [-0.2, 0) is 6.54 Å². The average molecular weight is 399 g/mol. The van der Waals surface area contributed by atoms with E-state index in [2.05, 4.69) is 79.1 Å². The van der Waals surface area contributed by atoms with Crippen molar-refractivity contribution < 1.29 is 14.2 Å². The standard InChI is InChI=1S/C26H25NO3/c1-26(2)13-12-19-22(30-26)11-10-18-20-14-23(28-3)24(29-4)15-21(20)27(25(18)19)16-17-8-6-5-7-9-17/h5-15H,16H2,1-4H3. The molecule has 0 N–H and O–H groups in total. The number of nitrogens with zero attached hydrogens (tertiary/aromatic N) is 1. The molecule has 0 bridgehead atoms. The molecule has 0 saturated carbocycles. The maximum absolute atomic E-state index is 6.27. The molecule has 0 saturated heterocycles. The molecule has 4 heteroatoms. The van der Waals surface area contributed by atoms with Crippen LogP contribution in [0.4, 0.5) is 0 Å². The molecule has 0 fully saturated rings. The molecule has 30 heavy (non-hydrogen) atoms. The minimum Gasteiger partial charge on any atom is -0.493 e. The number of rotatable bonds is 4. The Morgan fingerprint density at radius 1 is 0.900 bits per heavy atom. The van der Waals surface area contributed by atoms with E-state index in [0.717, 1.165) is 45.8 Å². The average Bonchev–Trinajstić information content (AvgIpc) is 3.05. The van der Waals surface area contributed by atoms with Crippen LogP contribution in [0.25, 0.3) is 27.9 Å². The number of benzene rings is 3. The zero-order valence-corrected chi connectivity index (χ0v) is 17.7. The van der Waals surface area contributed by atoms with Gasteiger partial charge in [-0.1, -0.05) is 30.3 Å². The highest BCUT2D eigenvalue weighted by Gasteiger charge is 2.26. The second kappa shape index (κ2) is 6.84. The summed E-state index contributed by atoms with van der Waals surface area (Å²) in [6.07, 6.45) is 4.32. The van der Waals surface area contributed by atoms with Gasteiger partial charge in [0.15, 0.2) is 11.5 Å². The van der Waals surface area contributed by atoms with Gasteiger partial charge < -0.3 is 18.8 Å². The van der Waals surface area contributed by atoms with Crippen molar-refractivity contribution in [2.24, 2.45) is 0 Å². The minimum atomic E-state index is -0.316. The lowest BCUT2D eigenvalue weighted by atomic mass is 10.00. The largest absolute Gasteiger partial charge is 0.493 e. The molecule has 152 valence electrons. The first kappa shape index (κ1) is 18.6. The summed E-state index contributed by atoms with van der Waals surface area (Å²) in [6, 6.07) is 18.9. The summed E-state index contributed by atoms with van der Waals surface area (Å²) in [4.78, 5) is 0. The third-order valence-electron chi connectivity index (χ3n) is 5.74. The summed E-state index contributed by atoms with van der Waals surface area (Å²) in [7, 11) is 3.35. The van der Waals surface area contributed by atoms with Gasteiger partial charge in [-0.25, -0.2) is 0 Å². The minimum absolute atomic E-state index is 0.316. The first-order chi connectivity index (χ1) is 14.5. The van der Waals surface area contributed by atoms with Crippen LogP contribution in [0, 0.1) is 0 Å². The number of hydrogen-bond donors (Lipinski definition) is 0. The smallest absolute Gasteiger partial charge is 0.162 e. The SMILES string of the molecule is COc1cc2c3ccc4c(c3n(Cc3ccccc3)c2cc1OC)C=CC(C)(C)O4. The van der Waals surface area contributed by atoms with E-state index in [1.54, 1.807) is 14.2 Å². The summed E-state index contributed by atoms with van der Waals surface area (Å²) in [6.45, 7) is 4.90. The van der Waals surface area contributed by atoms with Crippen molar-refractivity contribution in [1.82, 2.24) is 4.57 Å². The molecule has 5 rings (SSSR count). The zero-order valence-electron chi connectivity index (χ0n) is 17.7. The van der Waals surface area contributed by atoms with Gasteiger partial charge >= 0.3 is 0 Å². The van der Waals surface area contributed by atoms with Crippen LogP contribution in [0.5, 0.6) is 17.2 Å². The molecule has 0 radical (unpaired) electrons. The molecule has 0 amide bonds. The van der Waals surface area contributed by atoms with Crippen LogP contribution in [0.15, 0.2) is 60.7 Å². The Labute approximate surface area is 176 Å². The van der Waals surface area contributed by atoms with Gasteiger partial charge in [-0.2, -0.15) is 0 Å². The molecular weight excluding hydrogens is 374 g/mol. The number of ether oxygens (including phenoxy) is 3. The van der Waals surface area contributed by atoms with Gasteiger partial charge in [0.2, 0.25) is 0 Å². The second-order valence-corrected chi connectivity index (χ2v) is 8.21. The highest BCUT2D eigenvalue weighted by Crippen LogP contribution is 2.43. The number of fused-ring (bicyclic) bond motifs is 5. The molecule has 0 unspecified atom stereocenters. The molecule has 0 atom stereocenters. The van der Waals surface area contributed by atoms with E-state index >= 15 is 0 Å². The topological polar surface area (TPSA) is 32.6 Å². The maximum atomic E-state index is 6.27. The Kier molecular flexibility index (Phi) is 4.24. The van der Waals surface area contributed by atoms with Gasteiger partial charge in [0.25, 0.3) is 0 Å². The van der Waals surface area contributed by atoms with Crippen molar-refractivity contribution in [2.45, 2.75) is 26.0 Å². The van der Waals surface area contributed by atoms with Crippen molar-refractivity contribution in [3.05, 3.63) is 71.8 Å². The molecule has 0 aliphatic carbocycles. The van der Waals surface area contributed by atoms with Gasteiger partial charge in [0.05, 0.1) is 25.3 Å². The van der Waals surface area contributed by atoms with Gasteiger partial charge in [-0.15, -0.1) is 0 Å². The monoisotopic (exact) mass is 399 g/mol. The van der Waals surface area contributed by atoms with E-state index in [4.69, 9.17) is 14.2 Å². The lowest BCUT2D eigenvalue weighted by molar-refractivity contribution is 0.159. The van der Waals surface area contributed by atoms with Gasteiger partial charge in [0.1, 0.15) is 11.4 Å². The van der Waals surface area contributed by atoms with Gasteiger partial charge in [-0.05, 0) is 49.8 Å². The van der Waals surface area contributed by atoms with E-state index in [1.807, 2.05) is 6.07 Å². The van der Waals surface area contributed by atoms with Crippen molar-refractivity contribution in [3.8, 4) is 17.2 Å². The predicted molar refractivity (Wildman–Crippen MR) is 122 cm³/mol. The lowest BCUT2D eigenvalue weighted by Gasteiger charge is -2.28. The first-order valence-corrected chi connectivity index (χ1v) is 10.1. The van der Waals surface area contributed by atoms with Crippen LogP contribution in [0.2, 0.25) is 0 Å². The molecular formula is C26H25NO3. The first-order valence-electron chi connectivity index (χ1n) is 10.1. The Morgan fingerprint density at radius 3 is 2.37 bits per heavy atom. The molecule has 1 aliphatic rings. The summed E-state index contributed by atoms with van der Waals surface area (Å²) in [5, 5.41) is 2.31. The fourth-order valence-corrected chi connectivity index (χ4v) is 4.31. The summed E-state index contributed by atoms with van der Waals surface area (Å²) >= 11 is 0. The fourth-order valence-electron chi connectivity index (χ4n) is 4.31. The molecule has 1 aliphatic heterocycles. The fraction of sp³-hybridized carbons (Fsp3) is 0.231. The summed E-state index contributed by atoms with van der Waals surface area (Å²) in [5.41, 5.74) is 4.30. The van der Waals surface area contributed by atoms with Crippen LogP contribution < -0.4 is 14.2 Å². The quantitative estimate of drug-likeness (QED) is 0.419. The maximum Gasteiger partial charge on any atom is 0.162 e. The highest BCUT2D eigenvalue weighted by molar-refractivity contribution is 6.12. The Balaban J connectivity index is 1.86. The summed E-state index contributed by atoms with van der Waals surface area (Å²) < 4.78 is 19.8. The van der Waals surface area contributed by atoms with Crippen molar-refractivity contribution in [3.63, 3.8) is 0 Å². The Hall–Kier alpha value is -3.40. The summed E-state index contributed by atoms with van der Waals surface area (Å²) in [5.74, 6) is 2.37. The second-order valence-electron chi connectivity index (χ2n) is 8.21. The Bertz CT molecular complexity index is 1280.